The van der Waals surface area contributed by atoms with Crippen LogP contribution >= 0.6 is 0 Å². The van der Waals surface area contributed by atoms with E-state index in [0.717, 1.165) is 4.90 Å². The highest BCUT2D eigenvalue weighted by atomic mass is 32.2. The fourth-order valence-corrected chi connectivity index (χ4v) is 4.22. The molecule has 1 aliphatic carbocycles. The Kier molecular flexibility index (Phi) is 4.73. The second-order valence-electron chi connectivity index (χ2n) is 5.87. The zero-order valence-electron chi connectivity index (χ0n) is 13.6. The Bertz CT molecular complexity index is 913. The molecule has 8 nitrogen and oxygen atoms in total. The maximum absolute atomic E-state index is 12.3. The molecule has 1 aliphatic heterocycles. The van der Waals surface area contributed by atoms with E-state index in [-0.39, 0.29) is 36.1 Å². The molecule has 1 heterocycles. The number of carbonyl (C=O) groups excluding carboxylic acids is 2. The lowest BCUT2D eigenvalue weighted by Gasteiger charge is -2.14. The van der Waals surface area contributed by atoms with Crippen LogP contribution in [-0.2, 0) is 9.84 Å². The topological polar surface area (TPSA) is 115 Å². The molecule has 9 heteroatoms. The predicted octanol–water partition coefficient (Wildman–Crippen LogP) is 1.74. The molecule has 0 fully saturated rings. The number of benzene rings is 1. The van der Waals surface area contributed by atoms with E-state index in [2.05, 4.69) is 0 Å². The number of nitro groups is 1. The second-order valence-corrected chi connectivity index (χ2v) is 7.98. The lowest BCUT2D eigenvalue weighted by molar-refractivity contribution is -0.457. The van der Waals surface area contributed by atoms with E-state index >= 15 is 0 Å². The Hall–Kier alpha value is -2.81. The molecular formula is C17H15N2O6S. The molecule has 0 atom stereocenters. The SMILES string of the molecule is O=C1c2ccccc2C(=O)N1CCCS(=O)(=O)C1=CC[C]([N+](=O)[O-])C=C1. The van der Waals surface area contributed by atoms with E-state index < -0.39 is 26.6 Å². The predicted molar refractivity (Wildman–Crippen MR) is 92.3 cm³/mol. The molecule has 0 aromatic heterocycles. The van der Waals surface area contributed by atoms with Crippen molar-refractivity contribution in [3.05, 3.63) is 74.7 Å². The number of hydrogen-bond donors (Lipinski definition) is 0. The zero-order valence-corrected chi connectivity index (χ0v) is 14.4. The number of rotatable bonds is 6. The maximum atomic E-state index is 12.3. The van der Waals surface area contributed by atoms with Gasteiger partial charge in [0.15, 0.2) is 9.84 Å². The van der Waals surface area contributed by atoms with E-state index in [1.54, 1.807) is 24.3 Å². The van der Waals surface area contributed by atoms with Gasteiger partial charge in [-0.05, 0) is 24.6 Å². The first kappa shape index (κ1) is 18.0. The summed E-state index contributed by atoms with van der Waals surface area (Å²) in [6.45, 7) is -0.00512. The van der Waals surface area contributed by atoms with Crippen molar-refractivity contribution in [2.24, 2.45) is 0 Å². The van der Waals surface area contributed by atoms with Gasteiger partial charge >= 0.3 is 6.04 Å². The lowest BCUT2D eigenvalue weighted by Crippen LogP contribution is -2.31. The van der Waals surface area contributed by atoms with Crippen LogP contribution in [0.2, 0.25) is 0 Å². The first-order valence-electron chi connectivity index (χ1n) is 7.88. The molecule has 0 saturated carbocycles. The number of fused-ring (bicyclic) bond motifs is 1. The van der Waals surface area contributed by atoms with Crippen LogP contribution in [0.15, 0.2) is 47.4 Å². The summed E-state index contributed by atoms with van der Waals surface area (Å²) < 4.78 is 24.7. The molecule has 0 saturated heterocycles. The minimum absolute atomic E-state index is 0.00512. The summed E-state index contributed by atoms with van der Waals surface area (Å²) in [7, 11) is -3.64. The number of imide groups is 1. The molecule has 2 amide bonds. The van der Waals surface area contributed by atoms with Gasteiger partial charge in [0.1, 0.15) is 0 Å². The van der Waals surface area contributed by atoms with E-state index in [4.69, 9.17) is 0 Å². The number of sulfone groups is 1. The Morgan fingerprint density at radius 2 is 1.69 bits per heavy atom. The molecule has 1 aromatic rings. The average Bonchev–Trinajstić information content (AvgIpc) is 2.87. The molecule has 1 aromatic carbocycles. The van der Waals surface area contributed by atoms with Gasteiger partial charge < -0.3 is 0 Å². The quantitative estimate of drug-likeness (QED) is 0.425. The van der Waals surface area contributed by atoms with Gasteiger partial charge in [0.05, 0.1) is 21.8 Å². The molecule has 0 bridgehead atoms. The third kappa shape index (κ3) is 3.30. The number of hydrogen-bond acceptors (Lipinski definition) is 6. The molecular weight excluding hydrogens is 360 g/mol. The Morgan fingerprint density at radius 3 is 2.19 bits per heavy atom. The summed E-state index contributed by atoms with van der Waals surface area (Å²) >= 11 is 0. The monoisotopic (exact) mass is 375 g/mol. The van der Waals surface area contributed by atoms with Crippen molar-refractivity contribution >= 4 is 21.7 Å². The highest BCUT2D eigenvalue weighted by Crippen LogP contribution is 2.25. The van der Waals surface area contributed by atoms with Gasteiger partial charge in [-0.3, -0.25) is 24.6 Å². The maximum Gasteiger partial charge on any atom is 0.316 e. The largest absolute Gasteiger partial charge is 0.316 e. The number of allylic oxidation sites excluding steroid dienone is 1. The fraction of sp³-hybridized carbons (Fsp3) is 0.235. The van der Waals surface area contributed by atoms with Gasteiger partial charge in [0, 0.05) is 24.0 Å². The van der Waals surface area contributed by atoms with E-state index in [1.807, 2.05) is 0 Å². The van der Waals surface area contributed by atoms with Gasteiger partial charge in [-0.25, -0.2) is 8.42 Å². The summed E-state index contributed by atoms with van der Waals surface area (Å²) in [5.41, 5.74) is 0.641. The van der Waals surface area contributed by atoms with Crippen molar-refractivity contribution in [3.8, 4) is 0 Å². The molecule has 135 valence electrons. The van der Waals surface area contributed by atoms with Crippen LogP contribution in [0.1, 0.15) is 33.6 Å². The first-order chi connectivity index (χ1) is 12.3. The molecule has 26 heavy (non-hydrogen) atoms. The van der Waals surface area contributed by atoms with Crippen LogP contribution < -0.4 is 0 Å². The number of nitrogens with zero attached hydrogens (tertiary/aromatic N) is 2. The molecule has 3 rings (SSSR count). The fourth-order valence-electron chi connectivity index (χ4n) is 2.86. The summed E-state index contributed by atoms with van der Waals surface area (Å²) in [6, 6.07) is 6.38. The zero-order chi connectivity index (χ0) is 18.9. The van der Waals surface area contributed by atoms with Gasteiger partial charge in [0.25, 0.3) is 11.8 Å². The summed E-state index contributed by atoms with van der Waals surface area (Å²) in [4.78, 5) is 35.6. The third-order valence-electron chi connectivity index (χ3n) is 4.22. The van der Waals surface area contributed by atoms with Crippen LogP contribution in [0.3, 0.4) is 0 Å². The van der Waals surface area contributed by atoms with Gasteiger partial charge in [-0.2, -0.15) is 0 Å². The van der Waals surface area contributed by atoms with Crippen molar-refractivity contribution in [3.63, 3.8) is 0 Å². The van der Waals surface area contributed by atoms with Gasteiger partial charge in [0.2, 0.25) is 0 Å². The smallest absolute Gasteiger partial charge is 0.274 e. The van der Waals surface area contributed by atoms with Crippen LogP contribution in [0.5, 0.6) is 0 Å². The van der Waals surface area contributed by atoms with Gasteiger partial charge in [-0.1, -0.05) is 18.2 Å². The average molecular weight is 375 g/mol. The normalized spacial score (nSPS) is 17.4. The van der Waals surface area contributed by atoms with E-state index in [1.165, 1.54) is 18.2 Å². The second kappa shape index (κ2) is 6.83. The lowest BCUT2D eigenvalue weighted by atomic mass is 10.1. The van der Waals surface area contributed by atoms with Crippen molar-refractivity contribution in [1.82, 2.24) is 4.90 Å². The molecule has 0 spiro atoms. The number of amides is 2. The summed E-state index contributed by atoms with van der Waals surface area (Å²) in [5.74, 6) is -1.11. The molecule has 0 unspecified atom stereocenters. The summed E-state index contributed by atoms with van der Waals surface area (Å²) in [5, 5.41) is 10.7. The van der Waals surface area contributed by atoms with Crippen molar-refractivity contribution in [2.75, 3.05) is 12.3 Å². The third-order valence-corrected chi connectivity index (χ3v) is 6.07. The Morgan fingerprint density at radius 1 is 1.08 bits per heavy atom. The minimum Gasteiger partial charge on any atom is -0.274 e. The van der Waals surface area contributed by atoms with Crippen LogP contribution in [0.4, 0.5) is 0 Å². The summed E-state index contributed by atoms with van der Waals surface area (Å²) in [6.07, 6.45) is 3.72. The molecule has 0 N–H and O–H groups in total. The van der Waals surface area contributed by atoms with Crippen LogP contribution in [-0.4, -0.2) is 42.4 Å². The van der Waals surface area contributed by atoms with E-state index in [0.29, 0.717) is 11.1 Å². The van der Waals surface area contributed by atoms with Crippen LogP contribution in [0, 0.1) is 16.2 Å². The Labute approximate surface area is 149 Å². The first-order valence-corrected chi connectivity index (χ1v) is 9.53. The Balaban J connectivity index is 1.60. The number of carbonyl (C=O) groups is 2. The van der Waals surface area contributed by atoms with Crippen molar-refractivity contribution in [2.45, 2.75) is 12.8 Å². The molecule has 2 aliphatic rings. The molecule has 1 radical (unpaired) electrons. The van der Waals surface area contributed by atoms with Crippen molar-refractivity contribution in [1.29, 1.82) is 0 Å². The highest BCUT2D eigenvalue weighted by Gasteiger charge is 2.35. The van der Waals surface area contributed by atoms with Gasteiger partial charge in [-0.15, -0.1) is 0 Å². The van der Waals surface area contributed by atoms with Crippen molar-refractivity contribution < 1.29 is 22.9 Å². The van der Waals surface area contributed by atoms with Crippen LogP contribution in [0.25, 0.3) is 0 Å². The standard InChI is InChI=1S/C17H15N2O6S/c20-16-14-4-1-2-5-15(14)17(21)18(16)10-3-11-26(24,25)13-8-6-12(7-9-13)19(22)23/h1-2,4-6,8-9H,3,7,10-11H2. The van der Waals surface area contributed by atoms with E-state index in [9.17, 15) is 28.1 Å². The highest BCUT2D eigenvalue weighted by molar-refractivity contribution is 7.95. The minimum atomic E-state index is -3.64.